The Morgan fingerprint density at radius 2 is 2.19 bits per heavy atom. The van der Waals surface area contributed by atoms with Gasteiger partial charge in [-0.2, -0.15) is 5.10 Å². The van der Waals surface area contributed by atoms with Crippen molar-refractivity contribution in [3.05, 3.63) is 48.3 Å². The maximum Gasteiger partial charge on any atom is 0.240 e. The van der Waals surface area contributed by atoms with E-state index in [4.69, 9.17) is 5.73 Å². The molecule has 0 radical (unpaired) electrons. The summed E-state index contributed by atoms with van der Waals surface area (Å²) in [7, 11) is -3.52. The van der Waals surface area contributed by atoms with Crippen molar-refractivity contribution in [3.8, 4) is 0 Å². The monoisotopic (exact) mass is 308 g/mol. The Labute approximate surface area is 125 Å². The molecule has 1 heterocycles. The molecule has 0 saturated heterocycles. The number of sulfonamides is 1. The predicted molar refractivity (Wildman–Crippen MR) is 81.1 cm³/mol. The van der Waals surface area contributed by atoms with Crippen molar-refractivity contribution >= 4 is 10.0 Å². The first-order valence-corrected chi connectivity index (χ1v) is 8.34. The molecule has 0 aliphatic rings. The molecule has 1 aromatic heterocycles. The zero-order valence-electron chi connectivity index (χ0n) is 11.9. The standard InChI is InChI=1S/C14H20N4O2S/c1-2-14(15)12-5-3-6-13(11-12)21(19,20)17-8-10-18-9-4-7-16-18/h3-7,9,11,14,17H,2,8,10,15H2,1H3. The van der Waals surface area contributed by atoms with Gasteiger partial charge in [-0.3, -0.25) is 4.68 Å². The number of nitrogens with two attached hydrogens (primary N) is 1. The molecule has 21 heavy (non-hydrogen) atoms. The molecular weight excluding hydrogens is 288 g/mol. The molecule has 0 amide bonds. The molecule has 1 aromatic carbocycles. The maximum atomic E-state index is 12.2. The Bertz CT molecular complexity index is 668. The van der Waals surface area contributed by atoms with Gasteiger partial charge in [0.25, 0.3) is 0 Å². The zero-order valence-corrected chi connectivity index (χ0v) is 12.8. The summed E-state index contributed by atoms with van der Waals surface area (Å²) in [5.41, 5.74) is 6.77. The fourth-order valence-corrected chi connectivity index (χ4v) is 3.03. The van der Waals surface area contributed by atoms with Gasteiger partial charge < -0.3 is 5.73 Å². The number of nitrogens with one attached hydrogen (secondary N) is 1. The van der Waals surface area contributed by atoms with Gasteiger partial charge in [0.1, 0.15) is 0 Å². The lowest BCUT2D eigenvalue weighted by Crippen LogP contribution is -2.27. The van der Waals surface area contributed by atoms with Crippen molar-refractivity contribution < 1.29 is 8.42 Å². The summed E-state index contributed by atoms with van der Waals surface area (Å²) in [5, 5.41) is 4.02. The van der Waals surface area contributed by atoms with E-state index in [0.717, 1.165) is 12.0 Å². The molecule has 1 atom stereocenters. The summed E-state index contributed by atoms with van der Waals surface area (Å²) in [6.45, 7) is 2.74. The molecule has 2 rings (SSSR count). The Hall–Kier alpha value is -1.70. The zero-order chi connectivity index (χ0) is 15.3. The maximum absolute atomic E-state index is 12.2. The van der Waals surface area contributed by atoms with E-state index in [2.05, 4.69) is 9.82 Å². The van der Waals surface area contributed by atoms with Gasteiger partial charge in [-0.05, 0) is 30.2 Å². The third-order valence-electron chi connectivity index (χ3n) is 3.23. The second-order valence-corrected chi connectivity index (χ2v) is 6.52. The minimum absolute atomic E-state index is 0.149. The summed E-state index contributed by atoms with van der Waals surface area (Å²) < 4.78 is 28.7. The van der Waals surface area contributed by atoms with E-state index in [1.54, 1.807) is 41.3 Å². The number of hydrogen-bond donors (Lipinski definition) is 2. The van der Waals surface area contributed by atoms with Crippen LogP contribution in [0, 0.1) is 0 Å². The predicted octanol–water partition coefficient (Wildman–Crippen LogP) is 1.27. The Kier molecular flexibility index (Phi) is 5.11. The lowest BCUT2D eigenvalue weighted by Gasteiger charge is -2.12. The summed E-state index contributed by atoms with van der Waals surface area (Å²) >= 11 is 0. The topological polar surface area (TPSA) is 90.0 Å². The largest absolute Gasteiger partial charge is 0.324 e. The van der Waals surface area contributed by atoms with Crippen LogP contribution in [0.1, 0.15) is 24.9 Å². The van der Waals surface area contributed by atoms with Crippen LogP contribution >= 0.6 is 0 Å². The molecule has 0 spiro atoms. The molecule has 0 saturated carbocycles. The van der Waals surface area contributed by atoms with E-state index in [0.29, 0.717) is 6.54 Å². The van der Waals surface area contributed by atoms with Gasteiger partial charge in [-0.1, -0.05) is 19.1 Å². The van der Waals surface area contributed by atoms with Gasteiger partial charge in [0.05, 0.1) is 11.4 Å². The molecule has 6 nitrogen and oxygen atoms in total. The first-order chi connectivity index (χ1) is 10.0. The minimum Gasteiger partial charge on any atom is -0.324 e. The Morgan fingerprint density at radius 1 is 1.38 bits per heavy atom. The van der Waals surface area contributed by atoms with Crippen molar-refractivity contribution in [2.45, 2.75) is 30.8 Å². The molecule has 114 valence electrons. The molecule has 1 unspecified atom stereocenters. The highest BCUT2D eigenvalue weighted by Crippen LogP contribution is 2.18. The molecule has 0 aliphatic carbocycles. The summed E-state index contributed by atoms with van der Waals surface area (Å²) in [6.07, 6.45) is 4.20. The van der Waals surface area contributed by atoms with Crippen molar-refractivity contribution in [1.82, 2.24) is 14.5 Å². The fourth-order valence-electron chi connectivity index (χ4n) is 1.96. The normalized spacial score (nSPS) is 13.2. The van der Waals surface area contributed by atoms with Gasteiger partial charge in [0.15, 0.2) is 0 Å². The second-order valence-electron chi connectivity index (χ2n) is 4.75. The summed E-state index contributed by atoms with van der Waals surface area (Å²) in [4.78, 5) is 0.240. The van der Waals surface area contributed by atoms with Crippen molar-refractivity contribution in [3.63, 3.8) is 0 Å². The van der Waals surface area contributed by atoms with Crippen molar-refractivity contribution in [2.75, 3.05) is 6.54 Å². The summed E-state index contributed by atoms with van der Waals surface area (Å²) in [6, 6.07) is 8.41. The van der Waals surface area contributed by atoms with Gasteiger partial charge in [0.2, 0.25) is 10.0 Å². The van der Waals surface area contributed by atoms with Gasteiger partial charge >= 0.3 is 0 Å². The van der Waals surface area contributed by atoms with E-state index >= 15 is 0 Å². The highest BCUT2D eigenvalue weighted by Gasteiger charge is 2.15. The van der Waals surface area contributed by atoms with E-state index in [1.165, 1.54) is 0 Å². The van der Waals surface area contributed by atoms with Gasteiger partial charge in [-0.15, -0.1) is 0 Å². The first-order valence-electron chi connectivity index (χ1n) is 6.85. The fraction of sp³-hybridized carbons (Fsp3) is 0.357. The number of aromatic nitrogens is 2. The van der Waals surface area contributed by atoms with E-state index in [-0.39, 0.29) is 17.5 Å². The quantitative estimate of drug-likeness (QED) is 0.806. The van der Waals surface area contributed by atoms with Gasteiger partial charge in [-0.25, -0.2) is 13.1 Å². The molecule has 0 aliphatic heterocycles. The highest BCUT2D eigenvalue weighted by molar-refractivity contribution is 7.89. The SMILES string of the molecule is CCC(N)c1cccc(S(=O)(=O)NCCn2cccn2)c1. The molecule has 0 bridgehead atoms. The smallest absolute Gasteiger partial charge is 0.240 e. The van der Waals surface area contributed by atoms with Crippen LogP contribution < -0.4 is 10.5 Å². The van der Waals surface area contributed by atoms with Crippen molar-refractivity contribution in [1.29, 1.82) is 0 Å². The lowest BCUT2D eigenvalue weighted by molar-refractivity contribution is 0.560. The molecule has 2 aromatic rings. The van der Waals surface area contributed by atoms with Crippen LogP contribution in [0.5, 0.6) is 0 Å². The third kappa shape index (κ3) is 4.13. The first kappa shape index (κ1) is 15.7. The number of benzene rings is 1. The molecular formula is C14H20N4O2S. The van der Waals surface area contributed by atoms with Crippen LogP contribution in [0.2, 0.25) is 0 Å². The second kappa shape index (κ2) is 6.84. The minimum atomic E-state index is -3.52. The number of hydrogen-bond acceptors (Lipinski definition) is 4. The van der Waals surface area contributed by atoms with Gasteiger partial charge in [0, 0.05) is 25.0 Å². The number of rotatable bonds is 7. The van der Waals surface area contributed by atoms with Crippen LogP contribution in [0.25, 0.3) is 0 Å². The third-order valence-corrected chi connectivity index (χ3v) is 4.69. The molecule has 7 heteroatoms. The van der Waals surface area contributed by atoms with Crippen LogP contribution in [-0.2, 0) is 16.6 Å². The lowest BCUT2D eigenvalue weighted by atomic mass is 10.1. The van der Waals surface area contributed by atoms with Crippen LogP contribution in [-0.4, -0.2) is 24.7 Å². The number of nitrogens with zero attached hydrogens (tertiary/aromatic N) is 2. The van der Waals surface area contributed by atoms with E-state index in [1.807, 2.05) is 13.0 Å². The van der Waals surface area contributed by atoms with Crippen LogP contribution in [0.15, 0.2) is 47.6 Å². The van der Waals surface area contributed by atoms with E-state index < -0.39 is 10.0 Å². The van der Waals surface area contributed by atoms with Crippen LogP contribution in [0.3, 0.4) is 0 Å². The Morgan fingerprint density at radius 3 is 2.86 bits per heavy atom. The average Bonchev–Trinajstić information content (AvgIpc) is 2.99. The molecule has 0 fully saturated rings. The van der Waals surface area contributed by atoms with Crippen molar-refractivity contribution in [2.24, 2.45) is 5.73 Å². The van der Waals surface area contributed by atoms with E-state index in [9.17, 15) is 8.42 Å². The molecule has 3 N–H and O–H groups in total. The Balaban J connectivity index is 2.05. The highest BCUT2D eigenvalue weighted by atomic mass is 32.2. The van der Waals surface area contributed by atoms with Crippen LogP contribution in [0.4, 0.5) is 0 Å². The average molecular weight is 308 g/mol. The summed E-state index contributed by atoms with van der Waals surface area (Å²) in [5.74, 6) is 0.